The summed E-state index contributed by atoms with van der Waals surface area (Å²) in [5.74, 6) is -3.71. The zero-order chi connectivity index (χ0) is 20.6. The first-order valence-electron chi connectivity index (χ1n) is 8.12. The zero-order valence-corrected chi connectivity index (χ0v) is 15.1. The molecule has 0 bridgehead atoms. The highest BCUT2D eigenvalue weighted by molar-refractivity contribution is 5.97. The lowest BCUT2D eigenvalue weighted by Gasteiger charge is -2.18. The molecule has 0 amide bonds. The fourth-order valence-corrected chi connectivity index (χ4v) is 3.06. The topological polar surface area (TPSA) is 146 Å². The van der Waals surface area contributed by atoms with Crippen molar-refractivity contribution in [2.45, 2.75) is 0 Å². The van der Waals surface area contributed by atoms with Crippen LogP contribution in [0.25, 0.3) is 22.3 Å². The Labute approximate surface area is 160 Å². The van der Waals surface area contributed by atoms with Crippen LogP contribution >= 0.6 is 0 Å². The predicted octanol–water partition coefficient (Wildman–Crippen LogP) is 3.15. The molecule has 0 fully saturated rings. The van der Waals surface area contributed by atoms with E-state index in [0.29, 0.717) is 22.6 Å². The predicted molar refractivity (Wildman–Crippen MR) is 103 cm³/mol. The van der Waals surface area contributed by atoms with Gasteiger partial charge in [-0.2, -0.15) is 0 Å². The van der Waals surface area contributed by atoms with Gasteiger partial charge in [0.05, 0.1) is 25.3 Å². The summed E-state index contributed by atoms with van der Waals surface area (Å²) < 4.78 is 10.8. The van der Waals surface area contributed by atoms with Gasteiger partial charge in [-0.25, -0.2) is 0 Å². The molecule has 3 aromatic rings. The van der Waals surface area contributed by atoms with Crippen molar-refractivity contribution in [3.63, 3.8) is 0 Å². The molecule has 0 aliphatic rings. The highest BCUT2D eigenvalue weighted by Gasteiger charge is 2.26. The lowest BCUT2D eigenvalue weighted by molar-refractivity contribution is 0.330. The number of nitrogen functional groups attached to an aromatic ring is 1. The molecule has 146 valence electrons. The molecule has 0 radical (unpaired) electrons. The summed E-state index contributed by atoms with van der Waals surface area (Å²) in [4.78, 5) is 0. The zero-order valence-electron chi connectivity index (χ0n) is 15.1. The van der Waals surface area contributed by atoms with Crippen molar-refractivity contribution >= 4 is 5.69 Å². The normalized spacial score (nSPS) is 10.6. The van der Waals surface area contributed by atoms with Gasteiger partial charge in [-0.05, 0) is 12.1 Å². The lowest BCUT2D eigenvalue weighted by atomic mass is 9.93. The van der Waals surface area contributed by atoms with Crippen molar-refractivity contribution in [1.82, 2.24) is 0 Å². The van der Waals surface area contributed by atoms with Crippen LogP contribution in [0.2, 0.25) is 0 Å². The van der Waals surface area contributed by atoms with E-state index in [0.717, 1.165) is 0 Å². The number of aromatic hydroxyl groups is 5. The van der Waals surface area contributed by atoms with Crippen LogP contribution in [0.15, 0.2) is 36.4 Å². The molecule has 0 unspecified atom stereocenters. The number of rotatable bonds is 4. The Balaban J connectivity index is 2.35. The second-order valence-corrected chi connectivity index (χ2v) is 5.92. The Bertz CT molecular complexity index is 1010. The Hall–Kier alpha value is -3.94. The van der Waals surface area contributed by atoms with Gasteiger partial charge in [-0.1, -0.05) is 24.3 Å². The van der Waals surface area contributed by atoms with Gasteiger partial charge >= 0.3 is 0 Å². The van der Waals surface area contributed by atoms with E-state index >= 15 is 0 Å². The third-order valence-electron chi connectivity index (χ3n) is 4.44. The van der Waals surface area contributed by atoms with Crippen LogP contribution in [0, 0.1) is 0 Å². The number of hydrogen-bond acceptors (Lipinski definition) is 8. The van der Waals surface area contributed by atoms with Crippen LogP contribution in [0.1, 0.15) is 0 Å². The molecule has 0 spiro atoms. The highest BCUT2D eigenvalue weighted by Crippen LogP contribution is 2.56. The molecule has 0 heterocycles. The fourth-order valence-electron chi connectivity index (χ4n) is 3.06. The number of nitrogens with two attached hydrogens (primary N) is 1. The molecule has 0 saturated heterocycles. The standard InChI is InChI=1S/C20H19NO7/c1-27-11-7-4-8-12(28-2)13(11)9-5-3-6-10(15(9)21)14-16(22)18(24)20(26)19(25)17(14)23/h3-8,22-26H,21H2,1-2H3. The van der Waals surface area contributed by atoms with Crippen molar-refractivity contribution in [1.29, 1.82) is 0 Å². The number of phenols is 5. The Morgan fingerprint density at radius 1 is 0.607 bits per heavy atom. The molecule has 0 atom stereocenters. The quantitative estimate of drug-likeness (QED) is 0.228. The molecule has 0 aliphatic heterocycles. The molecule has 8 nitrogen and oxygen atoms in total. The molecule has 0 aromatic heterocycles. The molecular formula is C20H19NO7. The fraction of sp³-hybridized carbons (Fsp3) is 0.100. The van der Waals surface area contributed by atoms with Gasteiger partial charge in [0.25, 0.3) is 0 Å². The second-order valence-electron chi connectivity index (χ2n) is 5.92. The van der Waals surface area contributed by atoms with Gasteiger partial charge in [0.1, 0.15) is 11.5 Å². The molecule has 28 heavy (non-hydrogen) atoms. The molecule has 0 aliphatic carbocycles. The van der Waals surface area contributed by atoms with Crippen LogP contribution < -0.4 is 15.2 Å². The van der Waals surface area contributed by atoms with E-state index in [9.17, 15) is 25.5 Å². The number of phenolic OH excluding ortho intramolecular Hbond substituents is 5. The smallest absolute Gasteiger partial charge is 0.208 e. The van der Waals surface area contributed by atoms with E-state index in [1.807, 2.05) is 0 Å². The molecular weight excluding hydrogens is 366 g/mol. The van der Waals surface area contributed by atoms with E-state index < -0.39 is 28.7 Å². The van der Waals surface area contributed by atoms with E-state index in [2.05, 4.69) is 0 Å². The van der Waals surface area contributed by atoms with Crippen LogP contribution in [-0.4, -0.2) is 39.8 Å². The molecule has 0 saturated carbocycles. The third-order valence-corrected chi connectivity index (χ3v) is 4.44. The number of hydrogen-bond donors (Lipinski definition) is 6. The molecule has 7 N–H and O–H groups in total. The number of anilines is 1. The summed E-state index contributed by atoms with van der Waals surface area (Å²) in [6, 6.07) is 9.95. The third kappa shape index (κ3) is 2.71. The first kappa shape index (κ1) is 18.8. The molecule has 3 rings (SSSR count). The SMILES string of the molecule is COc1cccc(OC)c1-c1cccc(-c2c(O)c(O)c(O)c(O)c2O)c1N. The van der Waals surface area contributed by atoms with E-state index in [1.165, 1.54) is 20.3 Å². The van der Waals surface area contributed by atoms with Crippen LogP contribution in [-0.2, 0) is 0 Å². The van der Waals surface area contributed by atoms with Gasteiger partial charge in [0, 0.05) is 16.8 Å². The average Bonchev–Trinajstić information content (AvgIpc) is 2.71. The van der Waals surface area contributed by atoms with Crippen molar-refractivity contribution in [2.24, 2.45) is 0 Å². The maximum atomic E-state index is 10.2. The van der Waals surface area contributed by atoms with Crippen molar-refractivity contribution in [3.8, 4) is 62.5 Å². The summed E-state index contributed by atoms with van der Waals surface area (Å²) in [6.45, 7) is 0. The van der Waals surface area contributed by atoms with Gasteiger partial charge in [0.2, 0.25) is 17.2 Å². The number of para-hydroxylation sites is 1. The van der Waals surface area contributed by atoms with Gasteiger partial charge in [-0.3, -0.25) is 0 Å². The average molecular weight is 385 g/mol. The number of methoxy groups -OCH3 is 2. The minimum atomic E-state index is -1.04. The van der Waals surface area contributed by atoms with Crippen molar-refractivity contribution in [3.05, 3.63) is 36.4 Å². The second kappa shape index (κ2) is 6.99. The van der Waals surface area contributed by atoms with E-state index in [1.54, 1.807) is 30.3 Å². The summed E-state index contributed by atoms with van der Waals surface area (Å²) in [6.07, 6.45) is 0. The summed E-state index contributed by atoms with van der Waals surface area (Å²) in [7, 11) is 2.98. The van der Waals surface area contributed by atoms with Gasteiger partial charge in [0.15, 0.2) is 11.5 Å². The van der Waals surface area contributed by atoms with Crippen LogP contribution in [0.5, 0.6) is 40.2 Å². The van der Waals surface area contributed by atoms with Crippen LogP contribution in [0.4, 0.5) is 5.69 Å². The van der Waals surface area contributed by atoms with Gasteiger partial charge in [-0.15, -0.1) is 0 Å². The molecule has 3 aromatic carbocycles. The number of ether oxygens (including phenoxy) is 2. The van der Waals surface area contributed by atoms with Crippen LogP contribution in [0.3, 0.4) is 0 Å². The lowest BCUT2D eigenvalue weighted by Crippen LogP contribution is -1.98. The summed E-state index contributed by atoms with van der Waals surface area (Å²) in [5, 5.41) is 49.8. The highest BCUT2D eigenvalue weighted by atomic mass is 16.5. The Morgan fingerprint density at radius 3 is 1.46 bits per heavy atom. The Morgan fingerprint density at radius 2 is 1.00 bits per heavy atom. The monoisotopic (exact) mass is 385 g/mol. The minimum absolute atomic E-state index is 0.111. The minimum Gasteiger partial charge on any atom is -0.504 e. The van der Waals surface area contributed by atoms with Crippen molar-refractivity contribution < 1.29 is 35.0 Å². The summed E-state index contributed by atoms with van der Waals surface area (Å²) in [5.41, 5.74) is 7.22. The van der Waals surface area contributed by atoms with Gasteiger partial charge < -0.3 is 40.7 Å². The number of benzene rings is 3. The maximum Gasteiger partial charge on any atom is 0.208 e. The summed E-state index contributed by atoms with van der Waals surface area (Å²) >= 11 is 0. The Kier molecular flexibility index (Phi) is 4.70. The maximum absolute atomic E-state index is 10.2. The molecule has 8 heteroatoms. The van der Waals surface area contributed by atoms with E-state index in [4.69, 9.17) is 15.2 Å². The largest absolute Gasteiger partial charge is 0.504 e. The first-order valence-corrected chi connectivity index (χ1v) is 8.12. The van der Waals surface area contributed by atoms with Crippen molar-refractivity contribution in [2.75, 3.05) is 20.0 Å². The first-order chi connectivity index (χ1) is 13.3. The van der Waals surface area contributed by atoms with E-state index in [-0.39, 0.29) is 16.8 Å².